The predicted molar refractivity (Wildman–Crippen MR) is 133 cm³/mol. The fraction of sp³-hybridized carbons (Fsp3) is 0.143. The van der Waals surface area contributed by atoms with Gasteiger partial charge in [0.15, 0.2) is 11.5 Å². The number of imide groups is 1. The summed E-state index contributed by atoms with van der Waals surface area (Å²) in [5, 5.41) is 0.231. The number of nitrogens with zero attached hydrogens (tertiary/aromatic N) is 2. The highest BCUT2D eigenvalue weighted by atomic mass is 19.4. The monoisotopic (exact) mass is 536 g/mol. The topological polar surface area (TPSA) is 95.0 Å². The Morgan fingerprint density at radius 3 is 2.21 bits per heavy atom. The number of hydrogen-bond donors (Lipinski definition) is 0. The molecule has 1 aliphatic rings. The van der Waals surface area contributed by atoms with Gasteiger partial charge in [-0.25, -0.2) is 9.88 Å². The van der Waals surface area contributed by atoms with Gasteiger partial charge in [0.25, 0.3) is 11.8 Å². The molecule has 0 radical (unpaired) electrons. The van der Waals surface area contributed by atoms with Crippen LogP contribution in [0.4, 0.5) is 18.9 Å². The van der Waals surface area contributed by atoms with Gasteiger partial charge in [-0.2, -0.15) is 13.2 Å². The first-order valence-electron chi connectivity index (χ1n) is 11.5. The summed E-state index contributed by atoms with van der Waals surface area (Å²) in [7, 11) is 1.31. The van der Waals surface area contributed by atoms with Gasteiger partial charge < -0.3 is 14.2 Å². The zero-order valence-corrected chi connectivity index (χ0v) is 20.8. The van der Waals surface area contributed by atoms with Crippen molar-refractivity contribution in [2.24, 2.45) is 0 Å². The minimum atomic E-state index is -4.60. The van der Waals surface area contributed by atoms with Crippen LogP contribution in [0.5, 0.6) is 23.1 Å². The van der Waals surface area contributed by atoms with Crippen molar-refractivity contribution in [3.8, 4) is 23.1 Å². The van der Waals surface area contributed by atoms with E-state index in [1.54, 1.807) is 19.1 Å². The van der Waals surface area contributed by atoms with Crippen molar-refractivity contribution in [2.45, 2.75) is 20.0 Å². The van der Waals surface area contributed by atoms with E-state index in [0.717, 1.165) is 17.0 Å². The number of alkyl halides is 3. The summed E-state index contributed by atoms with van der Waals surface area (Å²) >= 11 is 0. The number of carbonyl (C=O) groups is 3. The maximum atomic E-state index is 13.3. The highest BCUT2D eigenvalue weighted by Gasteiger charge is 2.39. The zero-order valence-electron chi connectivity index (χ0n) is 20.8. The number of amides is 2. The summed E-state index contributed by atoms with van der Waals surface area (Å²) in [6, 6.07) is 13.3. The summed E-state index contributed by atoms with van der Waals surface area (Å²) in [5.74, 6) is -2.10. The summed E-state index contributed by atoms with van der Waals surface area (Å²) in [6.45, 7) is 2.81. The number of esters is 1. The predicted octanol–water partition coefficient (Wildman–Crippen LogP) is 6.09. The van der Waals surface area contributed by atoms with Gasteiger partial charge in [0.1, 0.15) is 11.3 Å². The van der Waals surface area contributed by atoms with Crippen LogP contribution in [-0.4, -0.2) is 29.9 Å². The molecule has 0 N–H and O–H groups in total. The quantitative estimate of drug-likeness (QED) is 0.225. The highest BCUT2D eigenvalue weighted by molar-refractivity contribution is 6.36. The smallest absolute Gasteiger partial charge is 0.416 e. The fourth-order valence-electron chi connectivity index (χ4n) is 4.38. The van der Waals surface area contributed by atoms with Gasteiger partial charge in [-0.05, 0) is 42.8 Å². The molecule has 3 aromatic carbocycles. The molecule has 39 heavy (non-hydrogen) atoms. The van der Waals surface area contributed by atoms with E-state index in [1.807, 2.05) is 0 Å². The summed E-state index contributed by atoms with van der Waals surface area (Å²) in [4.78, 5) is 43.6. The summed E-state index contributed by atoms with van der Waals surface area (Å²) in [6.07, 6.45) is -4.60. The first-order valence-corrected chi connectivity index (χ1v) is 11.5. The second-order valence-electron chi connectivity index (χ2n) is 8.64. The first kappa shape index (κ1) is 25.7. The zero-order chi connectivity index (χ0) is 28.1. The molecule has 2 amide bonds. The number of rotatable bonds is 5. The number of pyridine rings is 1. The molecule has 0 spiro atoms. The van der Waals surface area contributed by atoms with Gasteiger partial charge in [0.2, 0.25) is 5.88 Å². The molecule has 0 aliphatic carbocycles. The summed E-state index contributed by atoms with van der Waals surface area (Å²) in [5.41, 5.74) is -0.0727. The second-order valence-corrected chi connectivity index (χ2v) is 8.64. The molecule has 1 aliphatic heterocycles. The van der Waals surface area contributed by atoms with Crippen molar-refractivity contribution in [1.82, 2.24) is 4.98 Å². The van der Waals surface area contributed by atoms with E-state index in [0.29, 0.717) is 5.56 Å². The largest absolute Gasteiger partial charge is 0.493 e. The third-order valence-corrected chi connectivity index (χ3v) is 6.04. The van der Waals surface area contributed by atoms with E-state index >= 15 is 0 Å². The molecule has 0 fully saturated rings. The lowest BCUT2D eigenvalue weighted by atomic mass is 10.1. The van der Waals surface area contributed by atoms with E-state index in [-0.39, 0.29) is 50.8 Å². The Bertz CT molecular complexity index is 1650. The van der Waals surface area contributed by atoms with Crippen molar-refractivity contribution >= 4 is 34.4 Å². The molecule has 1 aromatic heterocycles. The van der Waals surface area contributed by atoms with Crippen LogP contribution in [0.1, 0.15) is 38.8 Å². The van der Waals surface area contributed by atoms with E-state index in [9.17, 15) is 27.6 Å². The molecule has 0 bridgehead atoms. The Labute approximate surface area is 219 Å². The number of aromatic nitrogens is 1. The van der Waals surface area contributed by atoms with Crippen LogP contribution >= 0.6 is 0 Å². The van der Waals surface area contributed by atoms with Crippen molar-refractivity contribution in [3.63, 3.8) is 0 Å². The van der Waals surface area contributed by atoms with Crippen LogP contribution in [0.15, 0.2) is 60.7 Å². The Morgan fingerprint density at radius 1 is 0.949 bits per heavy atom. The molecule has 4 aromatic rings. The number of benzene rings is 3. The van der Waals surface area contributed by atoms with Crippen molar-refractivity contribution in [2.75, 3.05) is 12.0 Å². The van der Waals surface area contributed by atoms with Crippen molar-refractivity contribution in [1.29, 1.82) is 0 Å². The minimum absolute atomic E-state index is 0.00782. The van der Waals surface area contributed by atoms with Gasteiger partial charge in [0.05, 0.1) is 34.9 Å². The molecule has 0 saturated heterocycles. The Morgan fingerprint density at radius 2 is 1.62 bits per heavy atom. The fourth-order valence-corrected chi connectivity index (χ4v) is 4.38. The van der Waals surface area contributed by atoms with E-state index < -0.39 is 29.5 Å². The van der Waals surface area contributed by atoms with Crippen LogP contribution < -0.4 is 19.1 Å². The van der Waals surface area contributed by atoms with Gasteiger partial charge >= 0.3 is 12.1 Å². The molecule has 198 valence electrons. The number of anilines is 1. The molecular weight excluding hydrogens is 517 g/mol. The molecular formula is C28H19F3N2O6. The average molecular weight is 536 g/mol. The standard InChI is InChI=1S/C28H19F3N2O6/c1-14-11-22(38-15(2)34)32-24-20(33-26(35)18-9-4-5-10-19(18)27(33)36)13-21(37-3)25(23(14)24)39-17-8-6-7-16(12-17)28(29,30)31/h4-13H,1-3H3. The molecule has 2 heterocycles. The third-order valence-electron chi connectivity index (χ3n) is 6.04. The number of carbonyl (C=O) groups excluding carboxylic acids is 3. The van der Waals surface area contributed by atoms with E-state index in [1.165, 1.54) is 50.4 Å². The number of halogens is 3. The highest BCUT2D eigenvalue weighted by Crippen LogP contribution is 2.47. The molecule has 11 heteroatoms. The number of fused-ring (bicyclic) bond motifs is 2. The number of methoxy groups -OCH3 is 1. The van der Waals surface area contributed by atoms with E-state index in [2.05, 4.69) is 4.98 Å². The van der Waals surface area contributed by atoms with Crippen LogP contribution in [-0.2, 0) is 11.0 Å². The second kappa shape index (κ2) is 9.43. The lowest BCUT2D eigenvalue weighted by molar-refractivity contribution is -0.137. The number of hydrogen-bond acceptors (Lipinski definition) is 7. The van der Waals surface area contributed by atoms with Crippen LogP contribution in [0.2, 0.25) is 0 Å². The molecule has 0 saturated carbocycles. The molecule has 0 atom stereocenters. The molecule has 5 rings (SSSR count). The van der Waals surface area contributed by atoms with E-state index in [4.69, 9.17) is 14.2 Å². The summed E-state index contributed by atoms with van der Waals surface area (Å²) < 4.78 is 56.6. The average Bonchev–Trinajstić information content (AvgIpc) is 3.13. The number of aryl methyl sites for hydroxylation is 1. The van der Waals surface area contributed by atoms with Gasteiger partial charge in [-0.15, -0.1) is 0 Å². The lowest BCUT2D eigenvalue weighted by Gasteiger charge is -2.22. The maximum Gasteiger partial charge on any atom is 0.416 e. The normalized spacial score (nSPS) is 13.0. The molecule has 0 unspecified atom stereocenters. The van der Waals surface area contributed by atoms with Gasteiger partial charge in [-0.1, -0.05) is 18.2 Å². The van der Waals surface area contributed by atoms with Crippen LogP contribution in [0.25, 0.3) is 10.9 Å². The first-order chi connectivity index (χ1) is 18.5. The van der Waals surface area contributed by atoms with Gasteiger partial charge in [0, 0.05) is 19.1 Å². The maximum absolute atomic E-state index is 13.3. The van der Waals surface area contributed by atoms with Crippen molar-refractivity contribution in [3.05, 3.63) is 82.9 Å². The Kier molecular flexibility index (Phi) is 6.21. The Hall–Kier alpha value is -4.93. The van der Waals surface area contributed by atoms with Gasteiger partial charge in [-0.3, -0.25) is 14.4 Å². The van der Waals surface area contributed by atoms with Crippen molar-refractivity contribution < 1.29 is 41.8 Å². The third kappa shape index (κ3) is 4.52. The Balaban J connectivity index is 1.76. The number of ether oxygens (including phenoxy) is 3. The lowest BCUT2D eigenvalue weighted by Crippen LogP contribution is -2.29. The van der Waals surface area contributed by atoms with Crippen LogP contribution in [0.3, 0.4) is 0 Å². The van der Waals surface area contributed by atoms with Crippen LogP contribution in [0, 0.1) is 6.92 Å². The molecule has 8 nitrogen and oxygen atoms in total. The SMILES string of the molecule is COc1cc(N2C(=O)c3ccccc3C2=O)c2nc(OC(C)=O)cc(C)c2c1Oc1cccc(C(F)(F)F)c1. The minimum Gasteiger partial charge on any atom is -0.493 e.